The van der Waals surface area contributed by atoms with Gasteiger partial charge in [0, 0.05) is 11.7 Å². The van der Waals surface area contributed by atoms with Crippen LogP contribution in [0.4, 0.5) is 0 Å². The van der Waals surface area contributed by atoms with E-state index < -0.39 is 0 Å². The average molecular weight is 265 g/mol. The lowest BCUT2D eigenvalue weighted by atomic mass is 10.1. The van der Waals surface area contributed by atoms with Crippen LogP contribution in [0.15, 0.2) is 29.4 Å². The summed E-state index contributed by atoms with van der Waals surface area (Å²) >= 11 is 4.82. The van der Waals surface area contributed by atoms with Gasteiger partial charge in [-0.15, -0.1) is 0 Å². The fourth-order valence-electron chi connectivity index (χ4n) is 1.23. The molecule has 98 valence electrons. The molecule has 1 aromatic heterocycles. The van der Waals surface area contributed by atoms with Gasteiger partial charge in [0.25, 0.3) is 0 Å². The lowest BCUT2D eigenvalue weighted by Crippen LogP contribution is -2.50. The lowest BCUT2D eigenvalue weighted by Gasteiger charge is -2.23. The largest absolute Gasteiger partial charge is 0.376 e. The summed E-state index contributed by atoms with van der Waals surface area (Å²) in [4.78, 5) is 8.58. The molecule has 5 nitrogen and oxygen atoms in total. The molecule has 1 aromatic rings. The van der Waals surface area contributed by atoms with E-state index in [2.05, 4.69) is 20.6 Å². The lowest BCUT2D eigenvalue weighted by molar-refractivity contribution is 0.505. The predicted molar refractivity (Wildman–Crippen MR) is 78.2 cm³/mol. The van der Waals surface area contributed by atoms with Gasteiger partial charge in [0.15, 0.2) is 11.1 Å². The first-order valence-corrected chi connectivity index (χ1v) is 6.06. The molecule has 4 N–H and O–H groups in total. The second-order valence-corrected chi connectivity index (χ2v) is 5.29. The fourth-order valence-corrected chi connectivity index (χ4v) is 1.33. The van der Waals surface area contributed by atoms with Gasteiger partial charge >= 0.3 is 0 Å². The Bertz CT molecular complexity index is 422. The topological polar surface area (TPSA) is 75.3 Å². The molecular formula is C12H19N5S. The summed E-state index contributed by atoms with van der Waals surface area (Å²) in [7, 11) is 0. The molecule has 0 unspecified atom stereocenters. The van der Waals surface area contributed by atoms with Gasteiger partial charge in [-0.1, -0.05) is 6.07 Å². The van der Waals surface area contributed by atoms with Crippen molar-refractivity contribution in [2.45, 2.75) is 32.9 Å². The van der Waals surface area contributed by atoms with Crippen molar-refractivity contribution in [1.82, 2.24) is 15.6 Å². The molecule has 0 fully saturated rings. The van der Waals surface area contributed by atoms with Gasteiger partial charge < -0.3 is 16.4 Å². The third-order valence-electron chi connectivity index (χ3n) is 1.86. The summed E-state index contributed by atoms with van der Waals surface area (Å²) in [6.45, 7) is 6.56. The fraction of sp³-hybridized carbons (Fsp3) is 0.417. The van der Waals surface area contributed by atoms with E-state index in [9.17, 15) is 0 Å². The van der Waals surface area contributed by atoms with Crippen molar-refractivity contribution in [3.05, 3.63) is 30.1 Å². The molecule has 0 aliphatic rings. The summed E-state index contributed by atoms with van der Waals surface area (Å²) in [5.41, 5.74) is 6.23. The van der Waals surface area contributed by atoms with Crippen LogP contribution in [0, 0.1) is 0 Å². The van der Waals surface area contributed by atoms with Crippen LogP contribution in [0.5, 0.6) is 0 Å². The highest BCUT2D eigenvalue weighted by molar-refractivity contribution is 7.80. The maximum Gasteiger partial charge on any atom is 0.198 e. The first kappa shape index (κ1) is 14.4. The summed E-state index contributed by atoms with van der Waals surface area (Å²) in [5.74, 6) is 0.556. The zero-order chi connectivity index (χ0) is 13.6. The Morgan fingerprint density at radius 2 is 2.17 bits per heavy atom. The van der Waals surface area contributed by atoms with Crippen molar-refractivity contribution in [1.29, 1.82) is 0 Å². The SMILES string of the molecule is CC(C)(C)NC(=NCc1ccccn1)NC(N)=S. The molecule has 0 aliphatic heterocycles. The van der Waals surface area contributed by atoms with Crippen LogP contribution in [0.3, 0.4) is 0 Å². The van der Waals surface area contributed by atoms with Gasteiger partial charge in [0.1, 0.15) is 0 Å². The third kappa shape index (κ3) is 6.15. The van der Waals surface area contributed by atoms with Crippen molar-refractivity contribution in [3.63, 3.8) is 0 Å². The smallest absolute Gasteiger partial charge is 0.198 e. The van der Waals surface area contributed by atoms with Crippen molar-refractivity contribution < 1.29 is 0 Å². The molecule has 1 rings (SSSR count). The molecule has 18 heavy (non-hydrogen) atoms. The summed E-state index contributed by atoms with van der Waals surface area (Å²) in [5, 5.41) is 6.22. The Morgan fingerprint density at radius 1 is 1.44 bits per heavy atom. The van der Waals surface area contributed by atoms with E-state index in [1.54, 1.807) is 6.20 Å². The van der Waals surface area contributed by atoms with Crippen molar-refractivity contribution in [3.8, 4) is 0 Å². The first-order valence-electron chi connectivity index (χ1n) is 5.66. The normalized spacial score (nSPS) is 12.1. The van der Waals surface area contributed by atoms with Crippen LogP contribution in [-0.2, 0) is 6.54 Å². The maximum absolute atomic E-state index is 5.47. The number of rotatable bonds is 2. The zero-order valence-electron chi connectivity index (χ0n) is 10.9. The van der Waals surface area contributed by atoms with E-state index >= 15 is 0 Å². The monoisotopic (exact) mass is 265 g/mol. The Labute approximate surface area is 113 Å². The number of aliphatic imine (C=N–C) groups is 1. The third-order valence-corrected chi connectivity index (χ3v) is 1.96. The Balaban J connectivity index is 2.73. The molecule has 0 radical (unpaired) electrons. The van der Waals surface area contributed by atoms with Crippen LogP contribution < -0.4 is 16.4 Å². The second-order valence-electron chi connectivity index (χ2n) is 4.85. The molecule has 0 amide bonds. The standard InChI is InChI=1S/C12H19N5S/c1-12(2,3)17-11(16-10(13)18)15-8-9-6-4-5-7-14-9/h4-7H,8H2,1-3H3,(H4,13,15,16,17,18). The van der Waals surface area contributed by atoms with Gasteiger partial charge in [-0.2, -0.15) is 0 Å². The molecule has 0 atom stereocenters. The highest BCUT2D eigenvalue weighted by Crippen LogP contribution is 2.00. The molecule has 0 aromatic carbocycles. The maximum atomic E-state index is 5.47. The number of nitrogens with one attached hydrogen (secondary N) is 2. The highest BCUT2D eigenvalue weighted by atomic mass is 32.1. The van der Waals surface area contributed by atoms with Gasteiger partial charge in [0.05, 0.1) is 12.2 Å². The Kier molecular flexibility index (Phi) is 5.03. The van der Waals surface area contributed by atoms with Crippen LogP contribution in [-0.4, -0.2) is 21.6 Å². The molecular weight excluding hydrogens is 246 g/mol. The van der Waals surface area contributed by atoms with Crippen LogP contribution in [0.25, 0.3) is 0 Å². The summed E-state index contributed by atoms with van der Waals surface area (Å²) < 4.78 is 0. The Hall–Kier alpha value is -1.69. The number of hydrogen-bond donors (Lipinski definition) is 3. The van der Waals surface area contributed by atoms with Gasteiger partial charge in [-0.3, -0.25) is 4.98 Å². The first-order chi connectivity index (χ1) is 8.37. The Morgan fingerprint density at radius 3 is 2.67 bits per heavy atom. The minimum atomic E-state index is -0.124. The minimum absolute atomic E-state index is 0.124. The van der Waals surface area contributed by atoms with Crippen molar-refractivity contribution >= 4 is 23.3 Å². The number of aromatic nitrogens is 1. The highest BCUT2D eigenvalue weighted by Gasteiger charge is 2.12. The molecule has 0 saturated carbocycles. The minimum Gasteiger partial charge on any atom is -0.376 e. The number of pyridine rings is 1. The number of nitrogens with zero attached hydrogens (tertiary/aromatic N) is 2. The molecule has 0 saturated heterocycles. The van der Waals surface area contributed by atoms with Crippen LogP contribution in [0.1, 0.15) is 26.5 Å². The molecule has 0 bridgehead atoms. The molecule has 6 heteroatoms. The molecule has 0 spiro atoms. The number of hydrogen-bond acceptors (Lipinski definition) is 3. The van der Waals surface area contributed by atoms with Crippen LogP contribution >= 0.6 is 12.2 Å². The van der Waals surface area contributed by atoms with E-state index in [-0.39, 0.29) is 10.7 Å². The summed E-state index contributed by atoms with van der Waals surface area (Å²) in [6, 6.07) is 5.71. The predicted octanol–water partition coefficient (Wildman–Crippen LogP) is 1.16. The van der Waals surface area contributed by atoms with E-state index in [1.165, 1.54) is 0 Å². The van der Waals surface area contributed by atoms with Crippen LogP contribution in [0.2, 0.25) is 0 Å². The molecule has 1 heterocycles. The number of guanidine groups is 1. The average Bonchev–Trinajstić information content (AvgIpc) is 2.24. The quantitative estimate of drug-likeness (QED) is 0.425. The second kappa shape index (κ2) is 6.30. The van der Waals surface area contributed by atoms with E-state index in [0.29, 0.717) is 12.5 Å². The van der Waals surface area contributed by atoms with Crippen molar-refractivity contribution in [2.24, 2.45) is 10.7 Å². The van der Waals surface area contributed by atoms with E-state index in [1.807, 2.05) is 39.0 Å². The van der Waals surface area contributed by atoms with E-state index in [4.69, 9.17) is 18.0 Å². The van der Waals surface area contributed by atoms with Gasteiger partial charge in [-0.05, 0) is 45.1 Å². The number of nitrogens with two attached hydrogens (primary N) is 1. The van der Waals surface area contributed by atoms with Gasteiger partial charge in [0.2, 0.25) is 0 Å². The van der Waals surface area contributed by atoms with Gasteiger partial charge in [-0.25, -0.2) is 4.99 Å². The van der Waals surface area contributed by atoms with E-state index in [0.717, 1.165) is 5.69 Å². The van der Waals surface area contributed by atoms with Crippen molar-refractivity contribution in [2.75, 3.05) is 0 Å². The summed E-state index contributed by atoms with van der Waals surface area (Å²) in [6.07, 6.45) is 1.74. The zero-order valence-corrected chi connectivity index (χ0v) is 11.7. The molecule has 0 aliphatic carbocycles. The number of thiocarbonyl (C=S) groups is 1.